The summed E-state index contributed by atoms with van der Waals surface area (Å²) in [7, 11) is 1.40. The molecule has 1 N–H and O–H groups in total. The molecule has 0 bridgehead atoms. The molecule has 0 radical (unpaired) electrons. The number of nitro groups is 1. The molecule has 0 amide bonds. The Kier molecular flexibility index (Phi) is 2.55. The Balaban J connectivity index is 2.54. The molecule has 1 aliphatic carbocycles. The van der Waals surface area contributed by atoms with Crippen molar-refractivity contribution in [2.24, 2.45) is 0 Å². The molecule has 0 unspecified atom stereocenters. The molecule has 0 saturated heterocycles. The van der Waals surface area contributed by atoms with Crippen molar-refractivity contribution < 1.29 is 19.6 Å². The molecule has 0 aliphatic heterocycles. The van der Waals surface area contributed by atoms with Crippen LogP contribution < -0.4 is 4.74 Å². The number of nitro benzene ring substituents is 1. The Bertz CT molecular complexity index is 547. The van der Waals surface area contributed by atoms with Crippen molar-refractivity contribution in [1.82, 2.24) is 0 Å². The number of methoxy groups -OCH3 is 1. The lowest BCUT2D eigenvalue weighted by atomic mass is 10.1. The van der Waals surface area contributed by atoms with Crippen LogP contribution in [0.5, 0.6) is 5.75 Å². The highest BCUT2D eigenvalue weighted by molar-refractivity contribution is 5.96. The van der Waals surface area contributed by atoms with Gasteiger partial charge in [-0.15, -0.1) is 0 Å². The molecular weight excluding hydrogens is 226 g/mol. The number of carboxylic acid groups (broad SMARTS) is 1. The van der Waals surface area contributed by atoms with Gasteiger partial charge in [0.2, 0.25) is 0 Å². The van der Waals surface area contributed by atoms with Crippen LogP contribution in [0, 0.1) is 10.1 Å². The minimum atomic E-state index is -1.02. The van der Waals surface area contributed by atoms with Crippen LogP contribution in [0.15, 0.2) is 17.7 Å². The number of carbonyl (C=O) groups is 1. The molecule has 0 saturated carbocycles. The summed E-state index contributed by atoms with van der Waals surface area (Å²) in [5.41, 5.74) is 1.31. The predicted molar refractivity (Wildman–Crippen MR) is 59.0 cm³/mol. The molecule has 0 aromatic heterocycles. The zero-order valence-corrected chi connectivity index (χ0v) is 8.97. The van der Waals surface area contributed by atoms with Crippen molar-refractivity contribution in [2.45, 2.75) is 6.42 Å². The van der Waals surface area contributed by atoms with Gasteiger partial charge in [0.1, 0.15) is 5.75 Å². The van der Waals surface area contributed by atoms with Crippen molar-refractivity contribution in [3.63, 3.8) is 0 Å². The average Bonchev–Trinajstić information content (AvgIpc) is 2.71. The number of benzene rings is 1. The van der Waals surface area contributed by atoms with Gasteiger partial charge < -0.3 is 9.84 Å². The highest BCUT2D eigenvalue weighted by Crippen LogP contribution is 2.36. The van der Waals surface area contributed by atoms with Crippen molar-refractivity contribution >= 4 is 17.7 Å². The molecule has 2 rings (SSSR count). The maximum Gasteiger partial charge on any atom is 0.331 e. The van der Waals surface area contributed by atoms with Crippen LogP contribution in [0.4, 0.5) is 5.69 Å². The fourth-order valence-corrected chi connectivity index (χ4v) is 1.82. The summed E-state index contributed by atoms with van der Waals surface area (Å²) >= 11 is 0. The van der Waals surface area contributed by atoms with Gasteiger partial charge in [0.25, 0.3) is 5.69 Å². The Morgan fingerprint density at radius 1 is 1.53 bits per heavy atom. The summed E-state index contributed by atoms with van der Waals surface area (Å²) in [6, 6.07) is 2.66. The van der Waals surface area contributed by atoms with Crippen molar-refractivity contribution in [2.75, 3.05) is 7.11 Å². The number of aliphatic carboxylic acids is 1. The van der Waals surface area contributed by atoms with Gasteiger partial charge in [0.05, 0.1) is 18.1 Å². The number of nitrogens with zero attached hydrogens (tertiary/aromatic N) is 1. The molecule has 0 atom stereocenters. The van der Waals surface area contributed by atoms with Gasteiger partial charge in [-0.25, -0.2) is 4.79 Å². The number of ether oxygens (including phenoxy) is 1. The van der Waals surface area contributed by atoms with Crippen LogP contribution in [0.25, 0.3) is 6.08 Å². The number of non-ortho nitro benzene ring substituents is 1. The molecule has 0 heterocycles. The zero-order valence-electron chi connectivity index (χ0n) is 8.97. The third-order valence-electron chi connectivity index (χ3n) is 2.63. The van der Waals surface area contributed by atoms with Gasteiger partial charge in [-0.1, -0.05) is 0 Å². The van der Waals surface area contributed by atoms with Crippen molar-refractivity contribution in [3.8, 4) is 5.75 Å². The van der Waals surface area contributed by atoms with E-state index in [1.165, 1.54) is 25.3 Å². The van der Waals surface area contributed by atoms with E-state index >= 15 is 0 Å². The Labute approximate surface area is 96.3 Å². The summed E-state index contributed by atoms with van der Waals surface area (Å²) in [5, 5.41) is 19.6. The second-order valence-corrected chi connectivity index (χ2v) is 3.62. The molecule has 6 nitrogen and oxygen atoms in total. The monoisotopic (exact) mass is 235 g/mol. The molecule has 88 valence electrons. The van der Waals surface area contributed by atoms with Crippen LogP contribution in [-0.4, -0.2) is 23.1 Å². The third-order valence-corrected chi connectivity index (χ3v) is 2.63. The van der Waals surface area contributed by atoms with E-state index in [-0.39, 0.29) is 17.7 Å². The lowest BCUT2D eigenvalue weighted by Gasteiger charge is -2.06. The topological polar surface area (TPSA) is 89.7 Å². The van der Waals surface area contributed by atoms with E-state index in [1.807, 2.05) is 0 Å². The van der Waals surface area contributed by atoms with Gasteiger partial charge in [-0.2, -0.15) is 0 Å². The molecular formula is C11H9NO5. The normalized spacial score (nSPS) is 12.9. The highest BCUT2D eigenvalue weighted by Gasteiger charge is 2.24. The van der Waals surface area contributed by atoms with E-state index in [2.05, 4.69) is 0 Å². The minimum Gasteiger partial charge on any atom is -0.496 e. The predicted octanol–water partition coefficient (Wildman–Crippen LogP) is 1.63. The largest absolute Gasteiger partial charge is 0.496 e. The highest BCUT2D eigenvalue weighted by atomic mass is 16.6. The van der Waals surface area contributed by atoms with E-state index in [0.717, 1.165) is 0 Å². The molecule has 1 aromatic carbocycles. The molecule has 0 spiro atoms. The number of rotatable bonds is 3. The fraction of sp³-hybridized carbons (Fsp3) is 0.182. The SMILES string of the molecule is COc1cc([N+](=O)[O-])cc2c1CC(C(=O)O)=C2. The van der Waals surface area contributed by atoms with Crippen LogP contribution >= 0.6 is 0 Å². The van der Waals surface area contributed by atoms with Gasteiger partial charge >= 0.3 is 5.97 Å². The molecule has 6 heteroatoms. The van der Waals surface area contributed by atoms with Gasteiger partial charge in [-0.05, 0) is 11.6 Å². The van der Waals surface area contributed by atoms with E-state index in [0.29, 0.717) is 16.9 Å². The summed E-state index contributed by atoms with van der Waals surface area (Å²) in [5.74, 6) is -0.674. The lowest BCUT2D eigenvalue weighted by molar-refractivity contribution is -0.385. The quantitative estimate of drug-likeness (QED) is 0.635. The van der Waals surface area contributed by atoms with Crippen LogP contribution in [0.3, 0.4) is 0 Å². The third kappa shape index (κ3) is 1.84. The number of hydrogen-bond acceptors (Lipinski definition) is 4. The standard InChI is InChI=1S/C11H9NO5/c1-17-10-5-8(12(15)16)3-6-2-7(11(13)14)4-9(6)10/h2-3,5H,4H2,1H3,(H,13,14). The van der Waals surface area contributed by atoms with Gasteiger partial charge in [0.15, 0.2) is 0 Å². The summed E-state index contributed by atoms with van der Waals surface area (Å²) in [6.07, 6.45) is 1.67. The Morgan fingerprint density at radius 2 is 2.24 bits per heavy atom. The van der Waals surface area contributed by atoms with Crippen molar-refractivity contribution in [3.05, 3.63) is 38.9 Å². The second kappa shape index (κ2) is 3.89. The maximum absolute atomic E-state index is 10.8. The first-order valence-electron chi connectivity index (χ1n) is 4.82. The zero-order chi connectivity index (χ0) is 12.6. The van der Waals surface area contributed by atoms with Crippen LogP contribution in [-0.2, 0) is 11.2 Å². The van der Waals surface area contributed by atoms with E-state index in [9.17, 15) is 14.9 Å². The summed E-state index contributed by atoms with van der Waals surface area (Å²) in [6.45, 7) is 0. The number of carboxylic acids is 1. The second-order valence-electron chi connectivity index (χ2n) is 3.62. The van der Waals surface area contributed by atoms with Gasteiger partial charge in [0, 0.05) is 23.6 Å². The fourth-order valence-electron chi connectivity index (χ4n) is 1.82. The molecule has 1 aromatic rings. The average molecular weight is 235 g/mol. The van der Waals surface area contributed by atoms with Crippen LogP contribution in [0.1, 0.15) is 11.1 Å². The van der Waals surface area contributed by atoms with E-state index < -0.39 is 10.9 Å². The number of hydrogen-bond donors (Lipinski definition) is 1. The first-order valence-corrected chi connectivity index (χ1v) is 4.82. The van der Waals surface area contributed by atoms with Crippen molar-refractivity contribution in [1.29, 1.82) is 0 Å². The molecule has 17 heavy (non-hydrogen) atoms. The minimum absolute atomic E-state index is 0.108. The summed E-state index contributed by atoms with van der Waals surface area (Å²) < 4.78 is 5.05. The van der Waals surface area contributed by atoms with Crippen LogP contribution in [0.2, 0.25) is 0 Å². The first-order chi connectivity index (χ1) is 8.02. The lowest BCUT2D eigenvalue weighted by Crippen LogP contribution is -2.00. The molecule has 0 fully saturated rings. The number of fused-ring (bicyclic) bond motifs is 1. The first kappa shape index (κ1) is 11.1. The Morgan fingerprint density at radius 3 is 2.76 bits per heavy atom. The van der Waals surface area contributed by atoms with E-state index in [4.69, 9.17) is 9.84 Å². The van der Waals surface area contributed by atoms with Gasteiger partial charge in [-0.3, -0.25) is 10.1 Å². The Hall–Kier alpha value is -2.37. The summed E-state index contributed by atoms with van der Waals surface area (Å²) in [4.78, 5) is 21.0. The molecule has 1 aliphatic rings. The smallest absolute Gasteiger partial charge is 0.331 e. The van der Waals surface area contributed by atoms with E-state index in [1.54, 1.807) is 0 Å². The maximum atomic E-state index is 10.8.